The van der Waals surface area contributed by atoms with Crippen LogP contribution < -0.4 is 10.1 Å². The van der Waals surface area contributed by atoms with E-state index < -0.39 is 0 Å². The molecule has 23 heavy (non-hydrogen) atoms. The van der Waals surface area contributed by atoms with Crippen LogP contribution in [-0.4, -0.2) is 31.1 Å². The van der Waals surface area contributed by atoms with Gasteiger partial charge in [-0.25, -0.2) is 0 Å². The van der Waals surface area contributed by atoms with Gasteiger partial charge in [0.25, 0.3) is 0 Å². The van der Waals surface area contributed by atoms with Crippen molar-refractivity contribution in [3.63, 3.8) is 0 Å². The topological polar surface area (TPSA) is 24.5 Å². The molecule has 1 aliphatic heterocycles. The molecule has 0 radical (unpaired) electrons. The maximum atomic E-state index is 5.90. The number of benzene rings is 2. The minimum absolute atomic E-state index is 0.767. The standard InChI is InChI=1S/C19H23BrN2O/c20-17-6-8-18(9-7-17)21-15-16-4-3-5-19(14-16)23-13-12-22-10-1-2-11-22/h3-9,14,21H,1-2,10-13,15H2. The lowest BCUT2D eigenvalue weighted by atomic mass is 10.2. The first kappa shape index (κ1) is 16.3. The van der Waals surface area contributed by atoms with E-state index in [2.05, 4.69) is 56.5 Å². The number of rotatable bonds is 7. The molecule has 1 heterocycles. The van der Waals surface area contributed by atoms with E-state index in [1.807, 2.05) is 18.2 Å². The molecule has 0 aliphatic carbocycles. The van der Waals surface area contributed by atoms with Gasteiger partial charge in [0.2, 0.25) is 0 Å². The van der Waals surface area contributed by atoms with Crippen LogP contribution in [0, 0.1) is 0 Å². The average Bonchev–Trinajstić information content (AvgIpc) is 3.08. The minimum atomic E-state index is 0.767. The Kier molecular flexibility index (Phi) is 5.94. The molecule has 1 N–H and O–H groups in total. The second kappa shape index (κ2) is 8.37. The zero-order chi connectivity index (χ0) is 15.9. The summed E-state index contributed by atoms with van der Waals surface area (Å²) in [6.07, 6.45) is 2.66. The molecule has 122 valence electrons. The monoisotopic (exact) mass is 374 g/mol. The summed E-state index contributed by atoms with van der Waals surface area (Å²) >= 11 is 3.45. The Bertz CT molecular complexity index is 609. The zero-order valence-corrected chi connectivity index (χ0v) is 14.9. The molecule has 2 aromatic rings. The molecule has 0 atom stereocenters. The van der Waals surface area contributed by atoms with Gasteiger partial charge < -0.3 is 10.1 Å². The maximum Gasteiger partial charge on any atom is 0.119 e. The van der Waals surface area contributed by atoms with Crippen molar-refractivity contribution in [2.75, 3.05) is 31.6 Å². The Morgan fingerprint density at radius 3 is 2.61 bits per heavy atom. The van der Waals surface area contributed by atoms with Crippen molar-refractivity contribution < 1.29 is 4.74 Å². The van der Waals surface area contributed by atoms with Crippen LogP contribution >= 0.6 is 15.9 Å². The first-order valence-electron chi connectivity index (χ1n) is 8.23. The quantitative estimate of drug-likeness (QED) is 0.769. The fourth-order valence-electron chi connectivity index (χ4n) is 2.82. The molecule has 1 saturated heterocycles. The Balaban J connectivity index is 1.47. The van der Waals surface area contributed by atoms with Crippen molar-refractivity contribution >= 4 is 21.6 Å². The van der Waals surface area contributed by atoms with Gasteiger partial charge in [-0.05, 0) is 67.9 Å². The van der Waals surface area contributed by atoms with Crippen LogP contribution in [0.5, 0.6) is 5.75 Å². The van der Waals surface area contributed by atoms with Gasteiger partial charge in [0.1, 0.15) is 12.4 Å². The highest BCUT2D eigenvalue weighted by Crippen LogP contribution is 2.17. The predicted molar refractivity (Wildman–Crippen MR) is 99.1 cm³/mol. The molecule has 1 fully saturated rings. The Labute approximate surface area is 146 Å². The highest BCUT2D eigenvalue weighted by Gasteiger charge is 2.10. The number of hydrogen-bond acceptors (Lipinski definition) is 3. The predicted octanol–water partition coefficient (Wildman–Crippen LogP) is 4.54. The van der Waals surface area contributed by atoms with Crippen molar-refractivity contribution in [2.24, 2.45) is 0 Å². The summed E-state index contributed by atoms with van der Waals surface area (Å²) in [5.41, 5.74) is 2.35. The molecule has 1 aliphatic rings. The van der Waals surface area contributed by atoms with Crippen molar-refractivity contribution in [2.45, 2.75) is 19.4 Å². The first-order chi connectivity index (χ1) is 11.3. The van der Waals surface area contributed by atoms with Gasteiger partial charge in [-0.2, -0.15) is 0 Å². The normalized spacial score (nSPS) is 14.8. The molecule has 2 aromatic carbocycles. The van der Waals surface area contributed by atoms with E-state index in [0.29, 0.717) is 0 Å². The van der Waals surface area contributed by atoms with Gasteiger partial charge >= 0.3 is 0 Å². The molecule has 0 spiro atoms. The van der Waals surface area contributed by atoms with E-state index >= 15 is 0 Å². The molecular formula is C19H23BrN2O. The van der Waals surface area contributed by atoms with Gasteiger partial charge in [-0.15, -0.1) is 0 Å². The first-order valence-corrected chi connectivity index (χ1v) is 9.02. The number of hydrogen-bond donors (Lipinski definition) is 1. The summed E-state index contributed by atoms with van der Waals surface area (Å²) in [5, 5.41) is 3.43. The third kappa shape index (κ3) is 5.26. The van der Waals surface area contributed by atoms with Crippen molar-refractivity contribution in [1.82, 2.24) is 4.90 Å². The smallest absolute Gasteiger partial charge is 0.119 e. The fourth-order valence-corrected chi connectivity index (χ4v) is 3.08. The van der Waals surface area contributed by atoms with E-state index in [1.165, 1.54) is 31.5 Å². The zero-order valence-electron chi connectivity index (χ0n) is 13.3. The fraction of sp³-hybridized carbons (Fsp3) is 0.368. The van der Waals surface area contributed by atoms with Crippen molar-refractivity contribution in [3.8, 4) is 5.75 Å². The highest BCUT2D eigenvalue weighted by molar-refractivity contribution is 9.10. The van der Waals surface area contributed by atoms with Crippen molar-refractivity contribution in [1.29, 1.82) is 0 Å². The van der Waals surface area contributed by atoms with Crippen LogP contribution in [0.2, 0.25) is 0 Å². The number of nitrogens with zero attached hydrogens (tertiary/aromatic N) is 1. The SMILES string of the molecule is Brc1ccc(NCc2cccc(OCCN3CCCC3)c2)cc1. The molecular weight excluding hydrogens is 352 g/mol. The van der Waals surface area contributed by atoms with Gasteiger partial charge in [0.05, 0.1) is 0 Å². The average molecular weight is 375 g/mol. The number of nitrogens with one attached hydrogen (secondary N) is 1. The third-order valence-electron chi connectivity index (χ3n) is 4.11. The second-order valence-corrected chi connectivity index (χ2v) is 6.82. The Morgan fingerprint density at radius 1 is 1.04 bits per heavy atom. The van der Waals surface area contributed by atoms with E-state index in [1.54, 1.807) is 0 Å². The van der Waals surface area contributed by atoms with E-state index in [0.717, 1.165) is 35.6 Å². The van der Waals surface area contributed by atoms with E-state index in [-0.39, 0.29) is 0 Å². The van der Waals surface area contributed by atoms with Crippen LogP contribution in [0.3, 0.4) is 0 Å². The van der Waals surface area contributed by atoms with Gasteiger partial charge in [0.15, 0.2) is 0 Å². The molecule has 0 unspecified atom stereocenters. The largest absolute Gasteiger partial charge is 0.492 e. The van der Waals surface area contributed by atoms with Crippen molar-refractivity contribution in [3.05, 3.63) is 58.6 Å². The van der Waals surface area contributed by atoms with Crippen LogP contribution in [0.4, 0.5) is 5.69 Å². The van der Waals surface area contributed by atoms with Crippen LogP contribution in [-0.2, 0) is 6.54 Å². The lowest BCUT2D eigenvalue weighted by Crippen LogP contribution is -2.25. The van der Waals surface area contributed by atoms with Gasteiger partial charge in [-0.1, -0.05) is 28.1 Å². The van der Waals surface area contributed by atoms with E-state index in [4.69, 9.17) is 4.74 Å². The van der Waals surface area contributed by atoms with Crippen LogP contribution in [0.1, 0.15) is 18.4 Å². The number of anilines is 1. The number of ether oxygens (including phenoxy) is 1. The summed E-state index contributed by atoms with van der Waals surface area (Å²) in [6.45, 7) is 5.04. The Hall–Kier alpha value is -1.52. The highest BCUT2D eigenvalue weighted by atomic mass is 79.9. The summed E-state index contributed by atoms with van der Waals surface area (Å²) in [6, 6.07) is 16.6. The summed E-state index contributed by atoms with van der Waals surface area (Å²) < 4.78 is 6.99. The number of halogens is 1. The molecule has 3 rings (SSSR count). The van der Waals surface area contributed by atoms with Crippen LogP contribution in [0.25, 0.3) is 0 Å². The van der Waals surface area contributed by atoms with Gasteiger partial charge in [-0.3, -0.25) is 4.90 Å². The molecule has 4 heteroatoms. The van der Waals surface area contributed by atoms with Crippen LogP contribution in [0.15, 0.2) is 53.0 Å². The second-order valence-electron chi connectivity index (χ2n) is 5.91. The summed E-state index contributed by atoms with van der Waals surface area (Å²) in [5.74, 6) is 0.958. The molecule has 0 saturated carbocycles. The molecule has 0 aromatic heterocycles. The lowest BCUT2D eigenvalue weighted by Gasteiger charge is -2.15. The summed E-state index contributed by atoms with van der Waals surface area (Å²) in [4.78, 5) is 2.47. The molecule has 0 bridgehead atoms. The maximum absolute atomic E-state index is 5.90. The molecule has 3 nitrogen and oxygen atoms in total. The lowest BCUT2D eigenvalue weighted by molar-refractivity contribution is 0.237. The summed E-state index contributed by atoms with van der Waals surface area (Å²) in [7, 11) is 0. The van der Waals surface area contributed by atoms with Gasteiger partial charge in [0, 0.05) is 23.2 Å². The van der Waals surface area contributed by atoms with E-state index in [9.17, 15) is 0 Å². The Morgan fingerprint density at radius 2 is 1.83 bits per heavy atom. The minimum Gasteiger partial charge on any atom is -0.492 e. The third-order valence-corrected chi connectivity index (χ3v) is 4.64. The molecule has 0 amide bonds. The number of likely N-dealkylation sites (tertiary alicyclic amines) is 1.